The van der Waals surface area contributed by atoms with Crippen molar-refractivity contribution in [3.8, 4) is 16.9 Å². The smallest absolute Gasteiger partial charge is 0.119 e. The fraction of sp³-hybridized carbons (Fsp3) is 0.135. The Kier molecular flexibility index (Phi) is 8.95. The first-order valence-electron chi connectivity index (χ1n) is 13.8. The van der Waals surface area contributed by atoms with Crippen molar-refractivity contribution in [2.75, 3.05) is 18.1 Å². The molecule has 0 radical (unpaired) electrons. The minimum atomic E-state index is -0.877. The average molecular weight is 542 g/mol. The molecule has 0 aliphatic carbocycles. The number of hydrogen-bond acceptors (Lipinski definition) is 4. The Morgan fingerprint density at radius 2 is 0.976 bits per heavy atom. The molecule has 0 aliphatic heterocycles. The van der Waals surface area contributed by atoms with Crippen LogP contribution in [0.2, 0.25) is 0 Å². The number of anilines is 3. The van der Waals surface area contributed by atoms with Crippen LogP contribution in [0.25, 0.3) is 23.3 Å². The van der Waals surface area contributed by atoms with Crippen molar-refractivity contribution >= 4 is 29.2 Å². The van der Waals surface area contributed by atoms with Gasteiger partial charge in [0.1, 0.15) is 18.5 Å². The largest absolute Gasteiger partial charge is 0.491 e. The lowest BCUT2D eigenvalue weighted by molar-refractivity contribution is 0.0536. The number of aliphatic hydroxyl groups excluding tert-OH is 2. The average Bonchev–Trinajstić information content (AvgIpc) is 3.02. The SMILES string of the molecule is Cc1ccc(-c2ccc(N(c3ccc(C)cc3)c3ccc(C=Cc4ccc(OCC(O)CO)cc4)cc3)cc2)cc1. The molecular weight excluding hydrogens is 506 g/mol. The summed E-state index contributed by atoms with van der Waals surface area (Å²) in [6.07, 6.45) is 3.27. The van der Waals surface area contributed by atoms with Gasteiger partial charge in [-0.1, -0.05) is 96.1 Å². The van der Waals surface area contributed by atoms with Gasteiger partial charge in [0.25, 0.3) is 0 Å². The quantitative estimate of drug-likeness (QED) is 0.175. The Balaban J connectivity index is 1.35. The third kappa shape index (κ3) is 7.31. The molecule has 5 aromatic rings. The Morgan fingerprint density at radius 1 is 0.585 bits per heavy atom. The zero-order chi connectivity index (χ0) is 28.6. The summed E-state index contributed by atoms with van der Waals surface area (Å²) in [4.78, 5) is 2.28. The van der Waals surface area contributed by atoms with Gasteiger partial charge in [-0.2, -0.15) is 0 Å². The van der Waals surface area contributed by atoms with Crippen LogP contribution in [0.5, 0.6) is 5.75 Å². The summed E-state index contributed by atoms with van der Waals surface area (Å²) in [6.45, 7) is 3.96. The van der Waals surface area contributed by atoms with Crippen LogP contribution in [-0.4, -0.2) is 29.5 Å². The predicted octanol–water partition coefficient (Wildman–Crippen LogP) is 8.34. The number of hydrogen-bond donors (Lipinski definition) is 2. The molecule has 0 spiro atoms. The molecule has 0 fully saturated rings. The molecular formula is C37H35NO3. The van der Waals surface area contributed by atoms with Gasteiger partial charge in [-0.15, -0.1) is 0 Å². The molecule has 41 heavy (non-hydrogen) atoms. The van der Waals surface area contributed by atoms with E-state index in [-0.39, 0.29) is 13.2 Å². The molecule has 0 aliphatic rings. The molecule has 0 saturated heterocycles. The van der Waals surface area contributed by atoms with Crippen LogP contribution in [0.4, 0.5) is 17.1 Å². The van der Waals surface area contributed by atoms with Crippen molar-refractivity contribution in [3.05, 3.63) is 144 Å². The summed E-state index contributed by atoms with van der Waals surface area (Å²) >= 11 is 0. The summed E-state index contributed by atoms with van der Waals surface area (Å²) in [6, 6.07) is 42.2. The van der Waals surface area contributed by atoms with E-state index in [0.29, 0.717) is 5.75 Å². The van der Waals surface area contributed by atoms with E-state index in [4.69, 9.17) is 9.84 Å². The van der Waals surface area contributed by atoms with Crippen molar-refractivity contribution in [2.45, 2.75) is 20.0 Å². The van der Waals surface area contributed by atoms with Crippen LogP contribution in [-0.2, 0) is 0 Å². The van der Waals surface area contributed by atoms with Gasteiger partial charge >= 0.3 is 0 Å². The van der Waals surface area contributed by atoms with Crippen LogP contribution in [0.1, 0.15) is 22.3 Å². The highest BCUT2D eigenvalue weighted by molar-refractivity contribution is 5.79. The first-order valence-corrected chi connectivity index (χ1v) is 13.8. The first-order chi connectivity index (χ1) is 20.0. The van der Waals surface area contributed by atoms with E-state index >= 15 is 0 Å². The Morgan fingerprint density at radius 3 is 1.46 bits per heavy atom. The minimum Gasteiger partial charge on any atom is -0.491 e. The lowest BCUT2D eigenvalue weighted by Crippen LogP contribution is -2.21. The zero-order valence-corrected chi connectivity index (χ0v) is 23.4. The lowest BCUT2D eigenvalue weighted by atomic mass is 10.0. The van der Waals surface area contributed by atoms with Gasteiger partial charge in [0.05, 0.1) is 6.61 Å². The van der Waals surface area contributed by atoms with Crippen molar-refractivity contribution < 1.29 is 14.9 Å². The number of benzene rings is 5. The Hall–Kier alpha value is -4.64. The minimum absolute atomic E-state index is 0.0640. The van der Waals surface area contributed by atoms with E-state index in [0.717, 1.165) is 28.2 Å². The second kappa shape index (κ2) is 13.1. The van der Waals surface area contributed by atoms with E-state index < -0.39 is 6.10 Å². The maximum absolute atomic E-state index is 9.45. The standard InChI is InChI=1S/C37H35NO3/c1-27-3-13-31(14-4-27)32-15-21-35(22-16-32)38(33-17-5-28(2)6-18-33)34-19-9-29(10-20-34)7-8-30-11-23-37(24-12-30)41-26-36(40)25-39/h3-24,36,39-40H,25-26H2,1-2H3. The van der Waals surface area contributed by atoms with Gasteiger partial charge in [-0.05, 0) is 84.6 Å². The topological polar surface area (TPSA) is 52.9 Å². The molecule has 1 unspecified atom stereocenters. The number of aliphatic hydroxyl groups is 2. The molecule has 5 aromatic carbocycles. The van der Waals surface area contributed by atoms with Gasteiger partial charge in [-0.3, -0.25) is 0 Å². The third-order valence-electron chi connectivity index (χ3n) is 6.96. The Labute approximate surface area is 242 Å². The number of aryl methyl sites for hydroxylation is 2. The molecule has 0 amide bonds. The van der Waals surface area contributed by atoms with E-state index in [1.54, 1.807) is 0 Å². The summed E-state index contributed by atoms with van der Waals surface area (Å²) in [5, 5.41) is 18.4. The van der Waals surface area contributed by atoms with Crippen LogP contribution < -0.4 is 9.64 Å². The van der Waals surface area contributed by atoms with Gasteiger partial charge in [0.15, 0.2) is 0 Å². The normalized spacial score (nSPS) is 11.9. The van der Waals surface area contributed by atoms with Crippen molar-refractivity contribution in [3.63, 3.8) is 0 Å². The summed E-state index contributed by atoms with van der Waals surface area (Å²) in [5.74, 6) is 0.655. The molecule has 0 saturated carbocycles. The maximum atomic E-state index is 9.45. The van der Waals surface area contributed by atoms with Crippen LogP contribution in [0, 0.1) is 13.8 Å². The molecule has 0 aromatic heterocycles. The molecule has 0 heterocycles. The molecule has 2 N–H and O–H groups in total. The van der Waals surface area contributed by atoms with Gasteiger partial charge in [-0.25, -0.2) is 0 Å². The second-order valence-electron chi connectivity index (χ2n) is 10.2. The number of ether oxygens (including phenoxy) is 1. The molecule has 1 atom stereocenters. The highest BCUT2D eigenvalue weighted by atomic mass is 16.5. The molecule has 0 bridgehead atoms. The summed E-state index contributed by atoms with van der Waals surface area (Å²) in [5.41, 5.74) is 10.3. The van der Waals surface area contributed by atoms with E-state index in [2.05, 4.69) is 128 Å². The highest BCUT2D eigenvalue weighted by Gasteiger charge is 2.13. The third-order valence-corrected chi connectivity index (χ3v) is 6.96. The number of nitrogens with zero attached hydrogens (tertiary/aromatic N) is 1. The van der Waals surface area contributed by atoms with Gasteiger partial charge < -0.3 is 19.8 Å². The Bertz CT molecular complexity index is 1550. The molecule has 4 nitrogen and oxygen atoms in total. The van der Waals surface area contributed by atoms with Crippen LogP contribution in [0.15, 0.2) is 121 Å². The molecule has 4 heteroatoms. The summed E-state index contributed by atoms with van der Waals surface area (Å²) < 4.78 is 5.49. The first kappa shape index (κ1) is 27.9. The lowest BCUT2D eigenvalue weighted by Gasteiger charge is -2.26. The second-order valence-corrected chi connectivity index (χ2v) is 10.2. The van der Waals surface area contributed by atoms with Gasteiger partial charge in [0, 0.05) is 17.1 Å². The molecule has 5 rings (SSSR count). The van der Waals surface area contributed by atoms with Crippen LogP contribution >= 0.6 is 0 Å². The zero-order valence-electron chi connectivity index (χ0n) is 23.4. The van der Waals surface area contributed by atoms with Gasteiger partial charge in [0.2, 0.25) is 0 Å². The number of rotatable bonds is 10. The predicted molar refractivity (Wildman–Crippen MR) is 170 cm³/mol. The fourth-order valence-electron chi connectivity index (χ4n) is 4.54. The summed E-state index contributed by atoms with van der Waals surface area (Å²) in [7, 11) is 0. The van der Waals surface area contributed by atoms with Crippen LogP contribution in [0.3, 0.4) is 0 Å². The highest BCUT2D eigenvalue weighted by Crippen LogP contribution is 2.36. The molecule has 206 valence electrons. The van der Waals surface area contributed by atoms with Crippen molar-refractivity contribution in [2.24, 2.45) is 0 Å². The monoisotopic (exact) mass is 541 g/mol. The van der Waals surface area contributed by atoms with Crippen molar-refractivity contribution in [1.82, 2.24) is 0 Å². The fourth-order valence-corrected chi connectivity index (χ4v) is 4.54. The van der Waals surface area contributed by atoms with Crippen molar-refractivity contribution in [1.29, 1.82) is 0 Å². The van der Waals surface area contributed by atoms with E-state index in [9.17, 15) is 5.11 Å². The maximum Gasteiger partial charge on any atom is 0.119 e. The van der Waals surface area contributed by atoms with E-state index in [1.807, 2.05) is 24.3 Å². The van der Waals surface area contributed by atoms with E-state index in [1.165, 1.54) is 22.3 Å².